The van der Waals surface area contributed by atoms with Gasteiger partial charge in [0.1, 0.15) is 30.4 Å². The van der Waals surface area contributed by atoms with Gasteiger partial charge in [0, 0.05) is 29.0 Å². The molecule has 0 radical (unpaired) electrons. The van der Waals surface area contributed by atoms with Crippen molar-refractivity contribution >= 4 is 11.5 Å². The van der Waals surface area contributed by atoms with Gasteiger partial charge in [-0.15, -0.1) is 0 Å². The number of aromatic nitrogens is 3. The van der Waals surface area contributed by atoms with Crippen LogP contribution in [0.4, 0.5) is 5.82 Å². The first-order valence-electron chi connectivity index (χ1n) is 10.9. The van der Waals surface area contributed by atoms with Gasteiger partial charge < -0.3 is 24.4 Å². The summed E-state index contributed by atoms with van der Waals surface area (Å²) in [6, 6.07) is 7.80. The molecule has 0 amide bonds. The highest BCUT2D eigenvalue weighted by atomic mass is 16.5. The number of quaternary nitrogens is 1. The topological polar surface area (TPSA) is 74.4 Å². The van der Waals surface area contributed by atoms with Crippen molar-refractivity contribution in [1.29, 1.82) is 0 Å². The van der Waals surface area contributed by atoms with Crippen molar-refractivity contribution < 1.29 is 19.1 Å². The SMILES string of the molecule is CCc1c(C)nc2cc(-c3cc(OC)cc(OC)c3)nn2c1NCC[NH+]1CCOCC1. The zero-order chi connectivity index (χ0) is 21.8. The average molecular weight is 427 g/mol. The lowest BCUT2D eigenvalue weighted by molar-refractivity contribution is -0.906. The van der Waals surface area contributed by atoms with E-state index in [-0.39, 0.29) is 0 Å². The Balaban J connectivity index is 1.67. The third-order valence-corrected chi connectivity index (χ3v) is 5.88. The van der Waals surface area contributed by atoms with Crippen molar-refractivity contribution in [3.8, 4) is 22.8 Å². The lowest BCUT2D eigenvalue weighted by Gasteiger charge is -2.24. The standard InChI is InChI=1S/C23H31N5O3/c1-5-20-16(2)25-22-15-21(17-12-18(29-3)14-19(13-17)30-4)26-28(22)23(20)24-6-7-27-8-10-31-11-9-27/h12-15,24H,5-11H2,1-4H3/p+1. The second-order valence-corrected chi connectivity index (χ2v) is 7.82. The van der Waals surface area contributed by atoms with Gasteiger partial charge in [0.05, 0.1) is 46.2 Å². The molecule has 1 fully saturated rings. The normalized spacial score (nSPS) is 14.7. The van der Waals surface area contributed by atoms with Gasteiger partial charge >= 0.3 is 0 Å². The van der Waals surface area contributed by atoms with Crippen LogP contribution < -0.4 is 19.7 Å². The fourth-order valence-electron chi connectivity index (χ4n) is 4.12. The number of ether oxygens (including phenoxy) is 3. The Labute approximate surface area is 183 Å². The minimum absolute atomic E-state index is 0.733. The molecule has 2 aromatic heterocycles. The number of rotatable bonds is 8. The Hall–Kier alpha value is -2.84. The van der Waals surface area contributed by atoms with Crippen LogP contribution in [-0.4, -0.2) is 68.2 Å². The highest BCUT2D eigenvalue weighted by Crippen LogP contribution is 2.31. The largest absolute Gasteiger partial charge is 0.497 e. The Morgan fingerprint density at radius 2 is 1.81 bits per heavy atom. The fraction of sp³-hybridized carbons (Fsp3) is 0.478. The number of nitrogens with zero attached hydrogens (tertiary/aromatic N) is 3. The lowest BCUT2D eigenvalue weighted by atomic mass is 10.1. The van der Waals surface area contributed by atoms with E-state index in [1.165, 1.54) is 5.56 Å². The van der Waals surface area contributed by atoms with E-state index in [0.717, 1.165) is 85.7 Å². The number of morpholine rings is 1. The first kappa shape index (κ1) is 21.4. The van der Waals surface area contributed by atoms with Crippen LogP contribution >= 0.6 is 0 Å². The molecule has 3 heterocycles. The molecule has 1 aliphatic heterocycles. The Morgan fingerprint density at radius 1 is 1.10 bits per heavy atom. The summed E-state index contributed by atoms with van der Waals surface area (Å²) in [4.78, 5) is 6.39. The van der Waals surface area contributed by atoms with Crippen molar-refractivity contribution in [2.75, 3.05) is 58.9 Å². The molecule has 0 bridgehead atoms. The summed E-state index contributed by atoms with van der Waals surface area (Å²) in [6.07, 6.45) is 0.893. The number of methoxy groups -OCH3 is 2. The Kier molecular flexibility index (Phi) is 6.58. The third-order valence-electron chi connectivity index (χ3n) is 5.88. The predicted molar refractivity (Wildman–Crippen MR) is 121 cm³/mol. The van der Waals surface area contributed by atoms with E-state index in [4.69, 9.17) is 24.3 Å². The molecule has 1 saturated heterocycles. The predicted octanol–water partition coefficient (Wildman–Crippen LogP) is 1.61. The number of benzene rings is 1. The number of fused-ring (bicyclic) bond motifs is 1. The number of hydrogen-bond donors (Lipinski definition) is 2. The second-order valence-electron chi connectivity index (χ2n) is 7.82. The minimum Gasteiger partial charge on any atom is -0.497 e. The van der Waals surface area contributed by atoms with E-state index in [2.05, 4.69) is 19.2 Å². The molecule has 0 unspecified atom stereocenters. The summed E-state index contributed by atoms with van der Waals surface area (Å²) in [7, 11) is 3.30. The van der Waals surface area contributed by atoms with Gasteiger partial charge in [-0.25, -0.2) is 4.98 Å². The van der Waals surface area contributed by atoms with Crippen molar-refractivity contribution in [1.82, 2.24) is 14.6 Å². The first-order chi connectivity index (χ1) is 15.1. The molecule has 166 valence electrons. The summed E-state index contributed by atoms with van der Waals surface area (Å²) in [6.45, 7) is 9.98. The van der Waals surface area contributed by atoms with Gasteiger partial charge in [-0.2, -0.15) is 9.61 Å². The van der Waals surface area contributed by atoms with E-state index < -0.39 is 0 Å². The van der Waals surface area contributed by atoms with Gasteiger partial charge in [-0.05, 0) is 25.5 Å². The van der Waals surface area contributed by atoms with Crippen molar-refractivity contribution in [3.63, 3.8) is 0 Å². The molecule has 8 heteroatoms. The lowest BCUT2D eigenvalue weighted by Crippen LogP contribution is -3.14. The van der Waals surface area contributed by atoms with E-state index in [1.54, 1.807) is 19.1 Å². The van der Waals surface area contributed by atoms with Crippen LogP contribution in [0.15, 0.2) is 24.3 Å². The van der Waals surface area contributed by atoms with Crippen LogP contribution in [0.5, 0.6) is 11.5 Å². The monoisotopic (exact) mass is 426 g/mol. The summed E-state index contributed by atoms with van der Waals surface area (Å²) in [5, 5.41) is 8.56. The Bertz CT molecular complexity index is 1020. The molecule has 0 spiro atoms. The molecular formula is C23H32N5O3+. The number of hydrogen-bond acceptors (Lipinski definition) is 6. The van der Waals surface area contributed by atoms with E-state index in [9.17, 15) is 0 Å². The zero-order valence-electron chi connectivity index (χ0n) is 18.8. The summed E-state index contributed by atoms with van der Waals surface area (Å²) in [5.74, 6) is 2.49. The highest BCUT2D eigenvalue weighted by Gasteiger charge is 2.17. The molecular weight excluding hydrogens is 394 g/mol. The number of aryl methyl sites for hydroxylation is 1. The van der Waals surface area contributed by atoms with E-state index >= 15 is 0 Å². The molecule has 2 N–H and O–H groups in total. The summed E-state index contributed by atoms with van der Waals surface area (Å²) in [5.41, 5.74) is 4.82. The van der Waals surface area contributed by atoms with Crippen LogP contribution in [0.3, 0.4) is 0 Å². The summed E-state index contributed by atoms with van der Waals surface area (Å²) >= 11 is 0. The Morgan fingerprint density at radius 3 is 2.45 bits per heavy atom. The van der Waals surface area contributed by atoms with Gasteiger partial charge in [0.25, 0.3) is 0 Å². The van der Waals surface area contributed by atoms with Crippen LogP contribution in [0.2, 0.25) is 0 Å². The zero-order valence-corrected chi connectivity index (χ0v) is 18.8. The molecule has 0 atom stereocenters. The quantitative estimate of drug-likeness (QED) is 0.570. The molecule has 0 saturated carbocycles. The molecule has 31 heavy (non-hydrogen) atoms. The molecule has 0 aliphatic carbocycles. The molecule has 3 aromatic rings. The van der Waals surface area contributed by atoms with Crippen LogP contribution in [-0.2, 0) is 11.2 Å². The summed E-state index contributed by atoms with van der Waals surface area (Å²) < 4.78 is 18.3. The van der Waals surface area contributed by atoms with Gasteiger partial charge in [-0.3, -0.25) is 0 Å². The van der Waals surface area contributed by atoms with Crippen molar-refractivity contribution in [2.45, 2.75) is 20.3 Å². The number of anilines is 1. The van der Waals surface area contributed by atoms with Gasteiger partial charge in [-0.1, -0.05) is 6.92 Å². The fourth-order valence-corrected chi connectivity index (χ4v) is 4.12. The first-order valence-corrected chi connectivity index (χ1v) is 10.9. The van der Waals surface area contributed by atoms with Crippen LogP contribution in [0, 0.1) is 6.92 Å². The van der Waals surface area contributed by atoms with Crippen LogP contribution in [0.1, 0.15) is 18.2 Å². The molecule has 1 aliphatic rings. The molecule has 8 nitrogen and oxygen atoms in total. The van der Waals surface area contributed by atoms with Gasteiger partial charge in [0.15, 0.2) is 5.65 Å². The average Bonchev–Trinajstić information content (AvgIpc) is 3.23. The number of nitrogens with one attached hydrogen (secondary N) is 2. The third kappa shape index (κ3) is 4.60. The minimum atomic E-state index is 0.733. The maximum Gasteiger partial charge on any atom is 0.158 e. The van der Waals surface area contributed by atoms with Crippen molar-refractivity contribution in [2.24, 2.45) is 0 Å². The van der Waals surface area contributed by atoms with Crippen molar-refractivity contribution in [3.05, 3.63) is 35.5 Å². The van der Waals surface area contributed by atoms with Crippen LogP contribution in [0.25, 0.3) is 16.9 Å². The molecule has 4 rings (SSSR count). The van der Waals surface area contributed by atoms with E-state index in [1.807, 2.05) is 28.8 Å². The highest BCUT2D eigenvalue weighted by molar-refractivity contribution is 5.69. The van der Waals surface area contributed by atoms with Gasteiger partial charge in [0.2, 0.25) is 0 Å². The maximum absolute atomic E-state index is 5.47. The maximum atomic E-state index is 5.47. The smallest absolute Gasteiger partial charge is 0.158 e. The second kappa shape index (κ2) is 9.53. The van der Waals surface area contributed by atoms with E-state index in [0.29, 0.717) is 0 Å². The molecule has 1 aromatic carbocycles.